The summed E-state index contributed by atoms with van der Waals surface area (Å²) in [7, 11) is 0. The number of nitrogens with zero attached hydrogens (tertiary/aromatic N) is 1. The van der Waals surface area contributed by atoms with Gasteiger partial charge in [-0.05, 0) is 6.07 Å². The largest absolute Gasteiger partial charge is 0.312 e. The Kier molecular flexibility index (Phi) is 3.33. The van der Waals surface area contributed by atoms with Crippen molar-refractivity contribution >= 4 is 5.78 Å². The fourth-order valence-corrected chi connectivity index (χ4v) is 1.04. The lowest BCUT2D eigenvalue weighted by Crippen LogP contribution is -2.20. The van der Waals surface area contributed by atoms with Gasteiger partial charge in [0.2, 0.25) is 0 Å². The van der Waals surface area contributed by atoms with Gasteiger partial charge in [-0.3, -0.25) is 9.78 Å². The highest BCUT2D eigenvalue weighted by Crippen LogP contribution is 2.08. The highest BCUT2D eigenvalue weighted by Gasteiger charge is 2.11. The number of hydrogen-bond donors (Lipinski definition) is 2. The summed E-state index contributed by atoms with van der Waals surface area (Å²) >= 11 is 0. The van der Waals surface area contributed by atoms with Crippen LogP contribution in [0.25, 0.3) is 0 Å². The Labute approximate surface area is 83.3 Å². The van der Waals surface area contributed by atoms with Gasteiger partial charge < -0.3 is 11.5 Å². The second-order valence-electron chi connectivity index (χ2n) is 3.52. The average molecular weight is 193 g/mol. The molecule has 1 aromatic heterocycles. The summed E-state index contributed by atoms with van der Waals surface area (Å²) in [5, 5.41) is 0. The third kappa shape index (κ3) is 2.37. The molecule has 0 aliphatic heterocycles. The summed E-state index contributed by atoms with van der Waals surface area (Å²) in [6, 6.07) is 3.39. The summed E-state index contributed by atoms with van der Waals surface area (Å²) in [5.74, 6) is -0.0120. The standard InChI is InChI=1S/C10H15N3O/c1-6(2)9(14)8-4-3-7(5-13-8)10(11)12/h3-6,10H,11-12H2,1-2H3. The van der Waals surface area contributed by atoms with Gasteiger partial charge in [0.25, 0.3) is 0 Å². The topological polar surface area (TPSA) is 82.0 Å². The molecule has 0 unspecified atom stereocenters. The van der Waals surface area contributed by atoms with Crippen LogP contribution in [0.5, 0.6) is 0 Å². The SMILES string of the molecule is CC(C)C(=O)c1ccc(C(N)N)cn1. The Bertz CT molecular complexity index is 317. The van der Waals surface area contributed by atoms with Gasteiger partial charge in [-0.25, -0.2) is 0 Å². The van der Waals surface area contributed by atoms with Crippen LogP contribution in [-0.4, -0.2) is 10.8 Å². The van der Waals surface area contributed by atoms with E-state index in [1.54, 1.807) is 18.3 Å². The predicted molar refractivity (Wildman–Crippen MR) is 54.5 cm³/mol. The van der Waals surface area contributed by atoms with E-state index >= 15 is 0 Å². The smallest absolute Gasteiger partial charge is 0.183 e. The van der Waals surface area contributed by atoms with Crippen molar-refractivity contribution in [1.82, 2.24) is 4.98 Å². The van der Waals surface area contributed by atoms with Crippen LogP contribution in [0.15, 0.2) is 18.3 Å². The average Bonchev–Trinajstić information content (AvgIpc) is 2.16. The maximum atomic E-state index is 11.5. The number of Topliss-reactive ketones (excluding diaryl/α,β-unsaturated/α-hetero) is 1. The lowest BCUT2D eigenvalue weighted by Gasteiger charge is -2.06. The van der Waals surface area contributed by atoms with E-state index in [0.29, 0.717) is 5.69 Å². The van der Waals surface area contributed by atoms with Gasteiger partial charge in [-0.2, -0.15) is 0 Å². The van der Waals surface area contributed by atoms with Crippen LogP contribution in [0.4, 0.5) is 0 Å². The highest BCUT2D eigenvalue weighted by molar-refractivity contribution is 5.95. The van der Waals surface area contributed by atoms with Gasteiger partial charge >= 0.3 is 0 Å². The Morgan fingerprint density at radius 2 is 2.00 bits per heavy atom. The number of carbonyl (C=O) groups is 1. The number of carbonyl (C=O) groups excluding carboxylic acids is 1. The third-order valence-electron chi connectivity index (χ3n) is 1.95. The minimum atomic E-state index is -0.536. The first-order chi connectivity index (χ1) is 6.52. The maximum absolute atomic E-state index is 11.5. The van der Waals surface area contributed by atoms with Crippen molar-refractivity contribution in [2.45, 2.75) is 20.0 Å². The van der Waals surface area contributed by atoms with E-state index in [2.05, 4.69) is 4.98 Å². The molecule has 0 amide bonds. The molecule has 0 saturated heterocycles. The predicted octanol–water partition coefficient (Wildman–Crippen LogP) is 0.836. The molecule has 14 heavy (non-hydrogen) atoms. The molecule has 76 valence electrons. The summed E-state index contributed by atoms with van der Waals surface area (Å²) in [6.07, 6.45) is 1.01. The van der Waals surface area contributed by atoms with E-state index in [0.717, 1.165) is 5.56 Å². The minimum Gasteiger partial charge on any atom is -0.312 e. The van der Waals surface area contributed by atoms with Crippen LogP contribution >= 0.6 is 0 Å². The first kappa shape index (κ1) is 10.8. The summed E-state index contributed by atoms with van der Waals surface area (Å²) < 4.78 is 0. The van der Waals surface area contributed by atoms with E-state index in [4.69, 9.17) is 11.5 Å². The molecule has 0 fully saturated rings. The Hall–Kier alpha value is -1.26. The molecule has 0 saturated carbocycles. The van der Waals surface area contributed by atoms with Gasteiger partial charge in [-0.15, -0.1) is 0 Å². The molecule has 0 bridgehead atoms. The monoisotopic (exact) mass is 193 g/mol. The van der Waals surface area contributed by atoms with Crippen molar-refractivity contribution in [1.29, 1.82) is 0 Å². The summed E-state index contributed by atoms with van der Waals surface area (Å²) in [4.78, 5) is 15.5. The van der Waals surface area contributed by atoms with Crippen molar-refractivity contribution < 1.29 is 4.79 Å². The van der Waals surface area contributed by atoms with Crippen molar-refractivity contribution in [3.63, 3.8) is 0 Å². The minimum absolute atomic E-state index is 0.0298. The number of aromatic nitrogens is 1. The molecule has 4 nitrogen and oxygen atoms in total. The second-order valence-corrected chi connectivity index (χ2v) is 3.52. The normalized spacial score (nSPS) is 11.0. The molecule has 0 aliphatic rings. The van der Waals surface area contributed by atoms with Crippen LogP contribution in [-0.2, 0) is 0 Å². The lowest BCUT2D eigenvalue weighted by molar-refractivity contribution is 0.0934. The van der Waals surface area contributed by atoms with Crippen LogP contribution in [0, 0.1) is 5.92 Å². The fourth-order valence-electron chi connectivity index (χ4n) is 1.04. The molecule has 0 atom stereocenters. The molecule has 0 aromatic carbocycles. The van der Waals surface area contributed by atoms with Crippen LogP contribution in [0.2, 0.25) is 0 Å². The second kappa shape index (κ2) is 4.30. The third-order valence-corrected chi connectivity index (χ3v) is 1.95. The van der Waals surface area contributed by atoms with Crippen molar-refractivity contribution in [2.24, 2.45) is 17.4 Å². The first-order valence-corrected chi connectivity index (χ1v) is 4.53. The molecule has 1 heterocycles. The molecule has 1 rings (SSSR count). The molecule has 1 aromatic rings. The quantitative estimate of drug-likeness (QED) is 0.550. The Morgan fingerprint density at radius 1 is 1.36 bits per heavy atom. The fraction of sp³-hybridized carbons (Fsp3) is 0.400. The molecule has 0 aliphatic carbocycles. The Balaban J connectivity index is 2.89. The number of ketones is 1. The maximum Gasteiger partial charge on any atom is 0.183 e. The highest BCUT2D eigenvalue weighted by atomic mass is 16.1. The number of nitrogens with two attached hydrogens (primary N) is 2. The van der Waals surface area contributed by atoms with Crippen molar-refractivity contribution in [2.75, 3.05) is 0 Å². The van der Waals surface area contributed by atoms with E-state index < -0.39 is 6.17 Å². The van der Waals surface area contributed by atoms with E-state index in [1.807, 2.05) is 13.8 Å². The van der Waals surface area contributed by atoms with Gasteiger partial charge in [-0.1, -0.05) is 19.9 Å². The zero-order valence-corrected chi connectivity index (χ0v) is 8.40. The molecule has 0 spiro atoms. The number of pyridine rings is 1. The molecule has 0 radical (unpaired) electrons. The zero-order chi connectivity index (χ0) is 10.7. The van der Waals surface area contributed by atoms with Crippen molar-refractivity contribution in [3.05, 3.63) is 29.6 Å². The summed E-state index contributed by atoms with van der Waals surface area (Å²) in [5.41, 5.74) is 12.1. The van der Waals surface area contributed by atoms with E-state index in [1.165, 1.54) is 0 Å². The number of rotatable bonds is 3. The molecule has 4 N–H and O–H groups in total. The van der Waals surface area contributed by atoms with Crippen LogP contribution in [0.1, 0.15) is 36.1 Å². The Morgan fingerprint density at radius 3 is 2.36 bits per heavy atom. The van der Waals surface area contributed by atoms with Gasteiger partial charge in [0.05, 0.1) is 6.17 Å². The zero-order valence-electron chi connectivity index (χ0n) is 8.40. The van der Waals surface area contributed by atoms with Gasteiger partial charge in [0, 0.05) is 17.7 Å². The van der Waals surface area contributed by atoms with Crippen LogP contribution < -0.4 is 11.5 Å². The first-order valence-electron chi connectivity index (χ1n) is 4.53. The summed E-state index contributed by atoms with van der Waals surface area (Å²) in [6.45, 7) is 3.68. The molecule has 4 heteroatoms. The van der Waals surface area contributed by atoms with Crippen molar-refractivity contribution in [3.8, 4) is 0 Å². The lowest BCUT2D eigenvalue weighted by atomic mass is 10.1. The molecular formula is C10H15N3O. The van der Waals surface area contributed by atoms with Gasteiger partial charge in [0.15, 0.2) is 5.78 Å². The van der Waals surface area contributed by atoms with Gasteiger partial charge in [0.1, 0.15) is 5.69 Å². The number of hydrogen-bond acceptors (Lipinski definition) is 4. The molecular weight excluding hydrogens is 178 g/mol. The van der Waals surface area contributed by atoms with E-state index in [9.17, 15) is 4.79 Å². The van der Waals surface area contributed by atoms with Crippen LogP contribution in [0.3, 0.4) is 0 Å². The van der Waals surface area contributed by atoms with E-state index in [-0.39, 0.29) is 11.7 Å².